The zero-order valence-corrected chi connectivity index (χ0v) is 22.7. The van der Waals surface area contributed by atoms with Crippen LogP contribution in [0.25, 0.3) is 0 Å². The second-order valence-corrected chi connectivity index (χ2v) is 12.9. The second kappa shape index (κ2) is 11.1. The second-order valence-electron chi connectivity index (χ2n) is 10.4. The number of carbonyl (C=O) groups excluding carboxylic acids is 1. The lowest BCUT2D eigenvalue weighted by Gasteiger charge is -2.40. The zero-order valence-electron chi connectivity index (χ0n) is 21.1. The molecule has 0 saturated heterocycles. The molecular formula is C28H26ClF3N2O5S. The Morgan fingerprint density at radius 1 is 1.07 bits per heavy atom. The van der Waals surface area contributed by atoms with Crippen molar-refractivity contribution in [2.45, 2.75) is 48.0 Å². The molecule has 1 heterocycles. The molecule has 40 heavy (non-hydrogen) atoms. The van der Waals surface area contributed by atoms with Gasteiger partial charge in [0.25, 0.3) is 5.91 Å². The number of rotatable bonds is 8. The van der Waals surface area contributed by atoms with Crippen LogP contribution in [0.3, 0.4) is 0 Å². The van der Waals surface area contributed by atoms with E-state index in [1.807, 2.05) is 12.1 Å². The molecule has 7 nitrogen and oxygen atoms in total. The normalized spacial score (nSPS) is 24.2. The van der Waals surface area contributed by atoms with Crippen LogP contribution in [0, 0.1) is 29.3 Å². The summed E-state index contributed by atoms with van der Waals surface area (Å²) < 4.78 is 73.8. The first-order valence-corrected chi connectivity index (χ1v) is 14.6. The number of aromatic nitrogens is 1. The van der Waals surface area contributed by atoms with Crippen LogP contribution < -0.4 is 5.32 Å². The third-order valence-electron chi connectivity index (χ3n) is 7.57. The van der Waals surface area contributed by atoms with E-state index in [9.17, 15) is 31.5 Å². The van der Waals surface area contributed by atoms with E-state index in [0.717, 1.165) is 11.8 Å². The summed E-state index contributed by atoms with van der Waals surface area (Å²) in [5.74, 6) is -6.18. The average Bonchev–Trinajstić information content (AvgIpc) is 3.21. The number of amides is 1. The number of aliphatic hydroxyl groups is 1. The molecule has 0 radical (unpaired) electrons. The molecule has 2 aliphatic rings. The minimum atomic E-state index is -4.03. The van der Waals surface area contributed by atoms with E-state index in [2.05, 4.69) is 10.3 Å². The molecule has 4 atom stereocenters. The summed E-state index contributed by atoms with van der Waals surface area (Å²) in [6.45, 7) is 0.270. The molecule has 2 aromatic carbocycles. The molecule has 2 saturated carbocycles. The number of nitrogens with one attached hydrogen (secondary N) is 1. The maximum absolute atomic E-state index is 13.9. The van der Waals surface area contributed by atoms with Crippen molar-refractivity contribution in [2.75, 3.05) is 11.9 Å². The van der Waals surface area contributed by atoms with Gasteiger partial charge in [-0.3, -0.25) is 9.78 Å². The first-order valence-electron chi connectivity index (χ1n) is 12.7. The van der Waals surface area contributed by atoms with Crippen molar-refractivity contribution in [3.63, 3.8) is 0 Å². The number of anilines is 1. The van der Waals surface area contributed by atoms with Gasteiger partial charge in [0.05, 0.1) is 39.7 Å². The molecule has 212 valence electrons. The minimum Gasteiger partial charge on any atom is -0.387 e. The number of fused-ring (bicyclic) bond motifs is 2. The molecule has 2 N–H and O–H groups in total. The van der Waals surface area contributed by atoms with Gasteiger partial charge in [0, 0.05) is 29.6 Å². The number of hydrogen-bond donors (Lipinski definition) is 2. The van der Waals surface area contributed by atoms with Gasteiger partial charge in [-0.05, 0) is 67.9 Å². The van der Waals surface area contributed by atoms with Gasteiger partial charge in [-0.1, -0.05) is 17.7 Å². The number of nitrogens with zero attached hydrogens (tertiary/aromatic N) is 1. The molecule has 2 aliphatic carbocycles. The van der Waals surface area contributed by atoms with Crippen LogP contribution in [-0.4, -0.2) is 41.9 Å². The van der Waals surface area contributed by atoms with Crippen LogP contribution in [0.15, 0.2) is 59.6 Å². The number of ether oxygens (including phenoxy) is 1. The van der Waals surface area contributed by atoms with Gasteiger partial charge in [-0.25, -0.2) is 21.6 Å². The first-order chi connectivity index (χ1) is 19.0. The molecular weight excluding hydrogens is 569 g/mol. The van der Waals surface area contributed by atoms with Crippen molar-refractivity contribution in [3.05, 3.63) is 88.5 Å². The number of sulfone groups is 1. The summed E-state index contributed by atoms with van der Waals surface area (Å²) in [6.07, 6.45) is 3.33. The third-order valence-corrected chi connectivity index (χ3v) is 10.4. The Morgan fingerprint density at radius 3 is 2.38 bits per heavy atom. The lowest BCUT2D eigenvalue weighted by Crippen LogP contribution is -2.48. The smallest absolute Gasteiger partial charge is 0.255 e. The third kappa shape index (κ3) is 5.74. The molecule has 2 fully saturated rings. The van der Waals surface area contributed by atoms with Gasteiger partial charge < -0.3 is 15.2 Å². The van der Waals surface area contributed by atoms with Crippen molar-refractivity contribution in [3.8, 4) is 0 Å². The maximum Gasteiger partial charge on any atom is 0.255 e. The van der Waals surface area contributed by atoms with Crippen LogP contribution in [0.4, 0.5) is 18.9 Å². The number of carbonyl (C=O) groups is 1. The number of benzene rings is 2. The van der Waals surface area contributed by atoms with E-state index in [-0.39, 0.29) is 59.1 Å². The monoisotopic (exact) mass is 594 g/mol. The molecule has 3 aromatic rings. The van der Waals surface area contributed by atoms with Crippen LogP contribution in [-0.2, 0) is 21.2 Å². The Bertz CT molecular complexity index is 1500. The fourth-order valence-corrected chi connectivity index (χ4v) is 8.77. The van der Waals surface area contributed by atoms with Crippen molar-refractivity contribution >= 4 is 33.0 Å². The van der Waals surface area contributed by atoms with E-state index in [0.29, 0.717) is 25.0 Å². The summed E-state index contributed by atoms with van der Waals surface area (Å²) in [5.41, 5.74) is -0.914. The van der Waals surface area contributed by atoms with E-state index in [1.165, 1.54) is 12.1 Å². The summed E-state index contributed by atoms with van der Waals surface area (Å²) in [4.78, 5) is 16.7. The Balaban J connectivity index is 1.32. The van der Waals surface area contributed by atoms with Crippen LogP contribution in [0.5, 0.6) is 0 Å². The summed E-state index contributed by atoms with van der Waals surface area (Å²) >= 11 is 6.30. The molecule has 2 unspecified atom stereocenters. The predicted molar refractivity (Wildman–Crippen MR) is 141 cm³/mol. The highest BCUT2D eigenvalue weighted by molar-refractivity contribution is 7.92. The van der Waals surface area contributed by atoms with Crippen molar-refractivity contribution in [1.82, 2.24) is 4.98 Å². The number of hydrogen-bond acceptors (Lipinski definition) is 6. The van der Waals surface area contributed by atoms with Crippen LogP contribution >= 0.6 is 11.6 Å². The quantitative estimate of drug-likeness (QED) is 0.342. The first kappa shape index (κ1) is 28.5. The van der Waals surface area contributed by atoms with E-state index >= 15 is 0 Å². The van der Waals surface area contributed by atoms with E-state index < -0.39 is 44.0 Å². The molecule has 1 amide bonds. The number of halogens is 4. The highest BCUT2D eigenvalue weighted by Gasteiger charge is 2.54. The van der Waals surface area contributed by atoms with Gasteiger partial charge in [-0.15, -0.1) is 0 Å². The molecule has 2 bridgehead atoms. The van der Waals surface area contributed by atoms with E-state index in [4.69, 9.17) is 16.3 Å². The van der Waals surface area contributed by atoms with Crippen LogP contribution in [0.1, 0.15) is 41.7 Å². The molecule has 5 rings (SSSR count). The zero-order chi connectivity index (χ0) is 28.7. The van der Waals surface area contributed by atoms with Gasteiger partial charge in [0.2, 0.25) is 0 Å². The largest absolute Gasteiger partial charge is 0.387 e. The average molecular weight is 595 g/mol. The Kier molecular flexibility index (Phi) is 7.93. The topological polar surface area (TPSA) is 106 Å². The van der Waals surface area contributed by atoms with Gasteiger partial charge in [0.15, 0.2) is 27.3 Å². The number of pyridine rings is 1. The fourth-order valence-electron chi connectivity index (χ4n) is 5.93. The maximum atomic E-state index is 13.9. The summed E-state index contributed by atoms with van der Waals surface area (Å²) in [7, 11) is -4.03. The molecule has 1 aromatic heterocycles. The fraction of sp³-hybridized carbons (Fsp3) is 0.357. The van der Waals surface area contributed by atoms with Crippen molar-refractivity contribution < 1.29 is 36.2 Å². The molecule has 0 spiro atoms. The predicted octanol–water partition coefficient (Wildman–Crippen LogP) is 5.31. The highest BCUT2D eigenvalue weighted by Crippen LogP contribution is 2.51. The van der Waals surface area contributed by atoms with Crippen LogP contribution in [0.2, 0.25) is 5.02 Å². The summed E-state index contributed by atoms with van der Waals surface area (Å²) in [5, 5.41) is 12.6. The lowest BCUT2D eigenvalue weighted by molar-refractivity contribution is -0.0870. The Morgan fingerprint density at radius 2 is 1.75 bits per heavy atom. The SMILES string of the molecule is O=C(Nc1cc(F)c(F)c(F)c1)c1ccc(Cl)c(S(=O)(=O)C2C3CC[C@H]2C[C@](O)(COCc2ccccn2)C3)c1. The van der Waals surface area contributed by atoms with Gasteiger partial charge >= 0.3 is 0 Å². The van der Waals surface area contributed by atoms with Crippen molar-refractivity contribution in [2.24, 2.45) is 11.8 Å². The lowest BCUT2D eigenvalue weighted by atomic mass is 9.77. The van der Waals surface area contributed by atoms with Gasteiger partial charge in [-0.2, -0.15) is 0 Å². The minimum absolute atomic E-state index is 0.0460. The molecule has 12 heteroatoms. The molecule has 0 aliphatic heterocycles. The van der Waals surface area contributed by atoms with Gasteiger partial charge in [0.1, 0.15) is 0 Å². The van der Waals surface area contributed by atoms with Crippen molar-refractivity contribution in [1.29, 1.82) is 0 Å². The standard InChI is InChI=1S/C28H26ClF3N2O5S/c29-21-7-6-16(27(35)34-20-10-22(30)25(32)23(31)11-20)9-24(21)40(37,38)26-17-4-5-18(26)13-28(36,12-17)15-39-14-19-3-1-2-8-33-19/h1-3,6-11,17-18,26,36H,4-5,12-15H2,(H,34,35)/t17-,18?,26?,28+/m0/s1. The Hall–Kier alpha value is -2.99. The van der Waals surface area contributed by atoms with E-state index in [1.54, 1.807) is 12.3 Å². The summed E-state index contributed by atoms with van der Waals surface area (Å²) in [6, 6.07) is 10.3. The Labute approximate surface area is 234 Å². The highest BCUT2D eigenvalue weighted by atomic mass is 35.5.